The third-order valence-electron chi connectivity index (χ3n) is 3.79. The molecule has 2 rings (SSSR count). The predicted octanol–water partition coefficient (Wildman–Crippen LogP) is 2.94. The van der Waals surface area contributed by atoms with Crippen LogP contribution < -0.4 is 11.1 Å². The fourth-order valence-electron chi connectivity index (χ4n) is 2.75. The second-order valence-electron chi connectivity index (χ2n) is 5.73. The Balaban J connectivity index is 1.80. The first-order valence-corrected chi connectivity index (χ1v) is 7.64. The maximum atomic E-state index is 5.92. The summed E-state index contributed by atoms with van der Waals surface area (Å²) in [6, 6.07) is 0. The lowest BCUT2D eigenvalue weighted by atomic mass is 9.98. The molecule has 20 heavy (non-hydrogen) atoms. The Labute approximate surface area is 121 Å². The number of hydrogen-bond acceptors (Lipinski definition) is 5. The van der Waals surface area contributed by atoms with Crippen LogP contribution in [0.25, 0.3) is 0 Å². The maximum Gasteiger partial charge on any atom is 0.135 e. The highest BCUT2D eigenvalue weighted by atomic mass is 16.5. The SMILES string of the molecule is CC(C)c1c(N)ncnc1NCCOC1CCCCC1. The van der Waals surface area contributed by atoms with E-state index < -0.39 is 0 Å². The number of nitrogen functional groups attached to an aromatic ring is 1. The Morgan fingerprint density at radius 1 is 1.30 bits per heavy atom. The van der Waals surface area contributed by atoms with Crippen LogP contribution in [0.15, 0.2) is 6.33 Å². The Kier molecular flexibility index (Phi) is 5.59. The standard InChI is InChI=1S/C15H26N4O/c1-11(2)13-14(16)18-10-19-15(13)17-8-9-20-12-6-4-3-5-7-12/h10-12H,3-9H2,1-2H3,(H3,16,17,18,19). The number of hydrogen-bond donors (Lipinski definition) is 2. The zero-order valence-electron chi connectivity index (χ0n) is 12.6. The fourth-order valence-corrected chi connectivity index (χ4v) is 2.75. The number of nitrogens with zero attached hydrogens (tertiary/aromatic N) is 2. The molecule has 1 aromatic rings. The molecule has 1 aliphatic carbocycles. The van der Waals surface area contributed by atoms with Gasteiger partial charge in [0, 0.05) is 12.1 Å². The van der Waals surface area contributed by atoms with E-state index in [1.807, 2.05) is 0 Å². The molecule has 1 heterocycles. The van der Waals surface area contributed by atoms with Gasteiger partial charge in [-0.3, -0.25) is 0 Å². The molecule has 1 aliphatic rings. The summed E-state index contributed by atoms with van der Waals surface area (Å²) in [5.74, 6) is 1.70. The van der Waals surface area contributed by atoms with Crippen LogP contribution in [0.3, 0.4) is 0 Å². The van der Waals surface area contributed by atoms with Crippen molar-refractivity contribution in [3.8, 4) is 0 Å². The van der Waals surface area contributed by atoms with Crippen molar-refractivity contribution in [2.75, 3.05) is 24.2 Å². The summed E-state index contributed by atoms with van der Waals surface area (Å²) in [7, 11) is 0. The molecule has 0 atom stereocenters. The van der Waals surface area contributed by atoms with E-state index in [9.17, 15) is 0 Å². The van der Waals surface area contributed by atoms with Gasteiger partial charge >= 0.3 is 0 Å². The third-order valence-corrected chi connectivity index (χ3v) is 3.79. The smallest absolute Gasteiger partial charge is 0.135 e. The van der Waals surface area contributed by atoms with Gasteiger partial charge in [-0.05, 0) is 18.8 Å². The summed E-state index contributed by atoms with van der Waals surface area (Å²) in [6.45, 7) is 5.66. The Morgan fingerprint density at radius 2 is 2.05 bits per heavy atom. The number of rotatable bonds is 6. The van der Waals surface area contributed by atoms with Crippen LogP contribution in [0, 0.1) is 0 Å². The molecule has 0 bridgehead atoms. The van der Waals surface area contributed by atoms with Crippen LogP contribution in [-0.4, -0.2) is 29.2 Å². The molecule has 0 radical (unpaired) electrons. The lowest BCUT2D eigenvalue weighted by Crippen LogP contribution is -2.21. The Bertz CT molecular complexity index is 416. The molecule has 3 N–H and O–H groups in total. The minimum absolute atomic E-state index is 0.304. The van der Waals surface area contributed by atoms with Gasteiger partial charge in [-0.1, -0.05) is 33.1 Å². The fraction of sp³-hybridized carbons (Fsp3) is 0.733. The average molecular weight is 278 g/mol. The van der Waals surface area contributed by atoms with Crippen molar-refractivity contribution in [3.63, 3.8) is 0 Å². The average Bonchev–Trinajstić information content (AvgIpc) is 2.44. The first-order valence-electron chi connectivity index (χ1n) is 7.64. The molecule has 1 saturated carbocycles. The molecule has 5 nitrogen and oxygen atoms in total. The maximum absolute atomic E-state index is 5.92. The van der Waals surface area contributed by atoms with E-state index in [0.29, 0.717) is 24.4 Å². The number of anilines is 2. The molecule has 112 valence electrons. The minimum atomic E-state index is 0.304. The first kappa shape index (κ1) is 15.0. The van der Waals surface area contributed by atoms with Crippen LogP contribution in [-0.2, 0) is 4.74 Å². The summed E-state index contributed by atoms with van der Waals surface area (Å²) in [5.41, 5.74) is 6.91. The summed E-state index contributed by atoms with van der Waals surface area (Å²) in [6.07, 6.45) is 8.33. The van der Waals surface area contributed by atoms with E-state index in [1.54, 1.807) is 0 Å². The van der Waals surface area contributed by atoms with E-state index in [2.05, 4.69) is 29.1 Å². The topological polar surface area (TPSA) is 73.1 Å². The largest absolute Gasteiger partial charge is 0.383 e. The summed E-state index contributed by atoms with van der Waals surface area (Å²) < 4.78 is 5.90. The van der Waals surface area contributed by atoms with E-state index in [4.69, 9.17) is 10.5 Å². The number of nitrogens with one attached hydrogen (secondary N) is 1. The second kappa shape index (κ2) is 7.43. The summed E-state index contributed by atoms with van der Waals surface area (Å²) in [5, 5.41) is 3.32. The molecule has 1 aromatic heterocycles. The molecular weight excluding hydrogens is 252 g/mol. The van der Waals surface area contributed by atoms with Crippen molar-refractivity contribution in [1.82, 2.24) is 9.97 Å². The van der Waals surface area contributed by atoms with Crippen molar-refractivity contribution in [2.24, 2.45) is 0 Å². The zero-order chi connectivity index (χ0) is 14.4. The van der Waals surface area contributed by atoms with Crippen LogP contribution in [0.5, 0.6) is 0 Å². The van der Waals surface area contributed by atoms with Gasteiger partial charge in [0.2, 0.25) is 0 Å². The van der Waals surface area contributed by atoms with Gasteiger partial charge < -0.3 is 15.8 Å². The quantitative estimate of drug-likeness (QED) is 0.783. The lowest BCUT2D eigenvalue weighted by molar-refractivity contribution is 0.0347. The van der Waals surface area contributed by atoms with Gasteiger partial charge in [0.05, 0.1) is 12.7 Å². The molecule has 1 fully saturated rings. The van der Waals surface area contributed by atoms with Crippen LogP contribution >= 0.6 is 0 Å². The third kappa shape index (κ3) is 4.07. The van der Waals surface area contributed by atoms with Crippen molar-refractivity contribution in [3.05, 3.63) is 11.9 Å². The highest BCUT2D eigenvalue weighted by Gasteiger charge is 2.14. The van der Waals surface area contributed by atoms with Gasteiger partial charge in [-0.15, -0.1) is 0 Å². The van der Waals surface area contributed by atoms with Gasteiger partial charge in [0.25, 0.3) is 0 Å². The van der Waals surface area contributed by atoms with Crippen molar-refractivity contribution in [1.29, 1.82) is 0 Å². The van der Waals surface area contributed by atoms with E-state index >= 15 is 0 Å². The number of ether oxygens (including phenoxy) is 1. The first-order chi connectivity index (χ1) is 9.68. The Hall–Kier alpha value is -1.36. The van der Waals surface area contributed by atoms with Crippen LogP contribution in [0.4, 0.5) is 11.6 Å². The highest BCUT2D eigenvalue weighted by molar-refractivity contribution is 5.56. The van der Waals surface area contributed by atoms with Crippen molar-refractivity contribution in [2.45, 2.75) is 58.0 Å². The van der Waals surface area contributed by atoms with E-state index in [-0.39, 0.29) is 0 Å². The number of nitrogens with two attached hydrogens (primary N) is 1. The minimum Gasteiger partial charge on any atom is -0.383 e. The predicted molar refractivity (Wildman–Crippen MR) is 81.8 cm³/mol. The van der Waals surface area contributed by atoms with Crippen molar-refractivity contribution >= 4 is 11.6 Å². The van der Waals surface area contributed by atoms with Crippen LogP contribution in [0.1, 0.15) is 57.4 Å². The zero-order valence-corrected chi connectivity index (χ0v) is 12.6. The van der Waals surface area contributed by atoms with Gasteiger partial charge in [0.1, 0.15) is 18.0 Å². The Morgan fingerprint density at radius 3 is 2.75 bits per heavy atom. The molecule has 0 aromatic carbocycles. The summed E-state index contributed by atoms with van der Waals surface area (Å²) in [4.78, 5) is 8.35. The molecule has 0 saturated heterocycles. The molecular formula is C15H26N4O. The molecule has 0 spiro atoms. The van der Waals surface area contributed by atoms with Gasteiger partial charge in [0.15, 0.2) is 0 Å². The second-order valence-corrected chi connectivity index (χ2v) is 5.73. The molecule has 0 amide bonds. The molecule has 0 unspecified atom stereocenters. The van der Waals surface area contributed by atoms with E-state index in [0.717, 1.165) is 17.9 Å². The molecule has 5 heteroatoms. The highest BCUT2D eigenvalue weighted by Crippen LogP contribution is 2.26. The van der Waals surface area contributed by atoms with Crippen molar-refractivity contribution < 1.29 is 4.74 Å². The van der Waals surface area contributed by atoms with Gasteiger partial charge in [-0.25, -0.2) is 9.97 Å². The number of aromatic nitrogens is 2. The lowest BCUT2D eigenvalue weighted by Gasteiger charge is -2.22. The molecule has 0 aliphatic heterocycles. The monoisotopic (exact) mass is 278 g/mol. The van der Waals surface area contributed by atoms with Gasteiger partial charge in [-0.2, -0.15) is 0 Å². The van der Waals surface area contributed by atoms with Crippen LogP contribution in [0.2, 0.25) is 0 Å². The van der Waals surface area contributed by atoms with E-state index in [1.165, 1.54) is 38.4 Å². The summed E-state index contributed by atoms with van der Waals surface area (Å²) >= 11 is 0. The normalized spacial score (nSPS) is 16.6.